The summed E-state index contributed by atoms with van der Waals surface area (Å²) in [5.74, 6) is -0.948. The molecular formula is C21H24FN3O4S. The van der Waals surface area contributed by atoms with Crippen LogP contribution in [0, 0.1) is 12.7 Å². The standard InChI is InChI=1S/C21H24FN3O4S/c1-14-10-16(6-7-18(14)22)23-30(27,28)17-11-15(13-25-8-4-3-5-9-25)20-19(12-17)29-21(26)24(20)2/h6-7,10-12,23H,3-5,8-9,13H2,1-2H3. The first-order chi connectivity index (χ1) is 14.2. The number of nitrogens with one attached hydrogen (secondary N) is 1. The van der Waals surface area contributed by atoms with Gasteiger partial charge >= 0.3 is 5.76 Å². The van der Waals surface area contributed by atoms with Crippen LogP contribution in [0.15, 0.2) is 44.4 Å². The number of hydrogen-bond acceptors (Lipinski definition) is 5. The number of rotatable bonds is 5. The summed E-state index contributed by atoms with van der Waals surface area (Å²) < 4.78 is 48.8. The van der Waals surface area contributed by atoms with Gasteiger partial charge in [-0.15, -0.1) is 0 Å². The molecule has 1 aliphatic heterocycles. The van der Waals surface area contributed by atoms with Crippen molar-refractivity contribution in [1.29, 1.82) is 0 Å². The Morgan fingerprint density at radius 2 is 1.87 bits per heavy atom. The zero-order chi connectivity index (χ0) is 21.5. The molecule has 4 rings (SSSR count). The van der Waals surface area contributed by atoms with Crippen LogP contribution >= 0.6 is 0 Å². The van der Waals surface area contributed by atoms with E-state index in [1.54, 1.807) is 20.0 Å². The van der Waals surface area contributed by atoms with Gasteiger partial charge in [0.1, 0.15) is 5.82 Å². The monoisotopic (exact) mass is 433 g/mol. The van der Waals surface area contributed by atoms with Crippen LogP contribution in [0.5, 0.6) is 0 Å². The van der Waals surface area contributed by atoms with E-state index in [-0.39, 0.29) is 16.2 Å². The van der Waals surface area contributed by atoms with E-state index >= 15 is 0 Å². The van der Waals surface area contributed by atoms with Gasteiger partial charge in [0.15, 0.2) is 5.58 Å². The van der Waals surface area contributed by atoms with Crippen LogP contribution in [-0.2, 0) is 23.6 Å². The maximum atomic E-state index is 13.5. The zero-order valence-electron chi connectivity index (χ0n) is 16.9. The molecule has 2 aromatic carbocycles. The van der Waals surface area contributed by atoms with Crippen LogP contribution in [0.1, 0.15) is 30.4 Å². The summed E-state index contributed by atoms with van der Waals surface area (Å²) in [6.45, 7) is 3.95. The van der Waals surface area contributed by atoms with Gasteiger partial charge in [-0.25, -0.2) is 17.6 Å². The minimum absolute atomic E-state index is 0.00154. The molecule has 0 bridgehead atoms. The van der Waals surface area contributed by atoms with Crippen molar-refractivity contribution in [3.05, 3.63) is 57.8 Å². The number of halogens is 1. The Labute approximate surface area is 174 Å². The fourth-order valence-electron chi connectivity index (χ4n) is 3.91. The van der Waals surface area contributed by atoms with Crippen LogP contribution in [0.2, 0.25) is 0 Å². The summed E-state index contributed by atoms with van der Waals surface area (Å²) in [5, 5.41) is 0. The summed E-state index contributed by atoms with van der Waals surface area (Å²) in [5.41, 5.74) is 2.15. The first kappa shape index (κ1) is 20.6. The predicted molar refractivity (Wildman–Crippen MR) is 113 cm³/mol. The van der Waals surface area contributed by atoms with Crippen molar-refractivity contribution >= 4 is 26.8 Å². The molecule has 3 aromatic rings. The molecule has 1 aliphatic rings. The first-order valence-corrected chi connectivity index (χ1v) is 11.4. The van der Waals surface area contributed by atoms with Crippen molar-refractivity contribution in [2.24, 2.45) is 7.05 Å². The van der Waals surface area contributed by atoms with Gasteiger partial charge in [0.05, 0.1) is 10.4 Å². The molecule has 160 valence electrons. The Hall–Kier alpha value is -2.65. The number of fused-ring (bicyclic) bond motifs is 1. The van der Waals surface area contributed by atoms with Crippen molar-refractivity contribution in [1.82, 2.24) is 9.47 Å². The SMILES string of the molecule is Cc1cc(NS(=O)(=O)c2cc(CN3CCCCC3)c3c(c2)oc(=O)n3C)ccc1F. The van der Waals surface area contributed by atoms with Crippen molar-refractivity contribution in [2.45, 2.75) is 37.6 Å². The molecule has 0 saturated carbocycles. The second-order valence-corrected chi connectivity index (χ2v) is 9.44. The fourth-order valence-corrected chi connectivity index (χ4v) is 5.02. The summed E-state index contributed by atoms with van der Waals surface area (Å²) in [6.07, 6.45) is 3.37. The van der Waals surface area contributed by atoms with Crippen molar-refractivity contribution < 1.29 is 17.2 Å². The van der Waals surface area contributed by atoms with Gasteiger partial charge in [-0.3, -0.25) is 14.2 Å². The second-order valence-electron chi connectivity index (χ2n) is 7.76. The number of sulfonamides is 1. The van der Waals surface area contributed by atoms with E-state index in [4.69, 9.17) is 4.42 Å². The van der Waals surface area contributed by atoms with Gasteiger partial charge in [0, 0.05) is 25.3 Å². The average molecular weight is 434 g/mol. The summed E-state index contributed by atoms with van der Waals surface area (Å²) >= 11 is 0. The largest absolute Gasteiger partial charge is 0.419 e. The quantitative estimate of drug-likeness (QED) is 0.667. The molecular weight excluding hydrogens is 409 g/mol. The summed E-state index contributed by atoms with van der Waals surface area (Å²) in [4.78, 5) is 14.3. The van der Waals surface area contributed by atoms with Crippen molar-refractivity contribution in [2.75, 3.05) is 17.8 Å². The smallest absolute Gasteiger partial charge is 0.408 e. The van der Waals surface area contributed by atoms with Crippen LogP contribution < -0.4 is 10.5 Å². The van der Waals surface area contributed by atoms with Gasteiger partial charge < -0.3 is 4.42 Å². The number of aryl methyl sites for hydroxylation is 2. The maximum absolute atomic E-state index is 13.5. The number of anilines is 1. The number of hydrogen-bond donors (Lipinski definition) is 1. The molecule has 0 radical (unpaired) electrons. The Morgan fingerprint density at radius 3 is 2.57 bits per heavy atom. The van der Waals surface area contributed by atoms with Gasteiger partial charge in [-0.05, 0) is 68.2 Å². The van der Waals surface area contributed by atoms with Gasteiger partial charge in [0.25, 0.3) is 10.0 Å². The van der Waals surface area contributed by atoms with E-state index in [2.05, 4.69) is 9.62 Å². The van der Waals surface area contributed by atoms with E-state index in [9.17, 15) is 17.6 Å². The summed E-state index contributed by atoms with van der Waals surface area (Å²) in [6, 6.07) is 6.96. The minimum Gasteiger partial charge on any atom is -0.408 e. The molecule has 0 spiro atoms. The molecule has 0 amide bonds. The zero-order valence-corrected chi connectivity index (χ0v) is 17.8. The topological polar surface area (TPSA) is 84.6 Å². The molecule has 30 heavy (non-hydrogen) atoms. The molecule has 7 nitrogen and oxygen atoms in total. The van der Waals surface area contributed by atoms with Gasteiger partial charge in [-0.2, -0.15) is 0 Å². The second kappa shape index (κ2) is 7.88. The lowest BCUT2D eigenvalue weighted by Gasteiger charge is -2.26. The molecule has 1 saturated heterocycles. The van der Waals surface area contributed by atoms with E-state index < -0.39 is 21.6 Å². The molecule has 9 heteroatoms. The highest BCUT2D eigenvalue weighted by molar-refractivity contribution is 7.92. The van der Waals surface area contributed by atoms with E-state index in [1.807, 2.05) is 0 Å². The van der Waals surface area contributed by atoms with Crippen LogP contribution in [-0.4, -0.2) is 31.0 Å². The van der Waals surface area contributed by atoms with Gasteiger partial charge in [-0.1, -0.05) is 6.42 Å². The Morgan fingerprint density at radius 1 is 1.13 bits per heavy atom. The normalized spacial score (nSPS) is 15.6. The molecule has 1 aromatic heterocycles. The molecule has 1 N–H and O–H groups in total. The molecule has 0 atom stereocenters. The molecule has 2 heterocycles. The lowest BCUT2D eigenvalue weighted by Crippen LogP contribution is -2.29. The highest BCUT2D eigenvalue weighted by Crippen LogP contribution is 2.27. The Kier molecular flexibility index (Phi) is 5.42. The average Bonchev–Trinajstić information content (AvgIpc) is 2.99. The van der Waals surface area contributed by atoms with Crippen LogP contribution in [0.4, 0.5) is 10.1 Å². The maximum Gasteiger partial charge on any atom is 0.419 e. The van der Waals surface area contributed by atoms with Crippen molar-refractivity contribution in [3.8, 4) is 0 Å². The number of nitrogens with zero attached hydrogens (tertiary/aromatic N) is 2. The van der Waals surface area contributed by atoms with E-state index in [0.29, 0.717) is 17.6 Å². The Bertz CT molecular complexity index is 1260. The lowest BCUT2D eigenvalue weighted by atomic mass is 10.1. The first-order valence-electron chi connectivity index (χ1n) is 9.88. The molecule has 1 fully saturated rings. The third-order valence-corrected chi connectivity index (χ3v) is 6.86. The number of likely N-dealkylation sites (tertiary alicyclic amines) is 1. The van der Waals surface area contributed by atoms with Gasteiger partial charge in [0.2, 0.25) is 0 Å². The molecule has 0 unspecified atom stereocenters. The van der Waals surface area contributed by atoms with E-state index in [0.717, 1.165) is 31.5 Å². The predicted octanol–water partition coefficient (Wildman–Crippen LogP) is 3.37. The third kappa shape index (κ3) is 3.99. The minimum atomic E-state index is -3.96. The number of benzene rings is 2. The van der Waals surface area contributed by atoms with Crippen LogP contribution in [0.25, 0.3) is 11.1 Å². The van der Waals surface area contributed by atoms with Crippen LogP contribution in [0.3, 0.4) is 0 Å². The number of aromatic nitrogens is 1. The fraction of sp³-hybridized carbons (Fsp3) is 0.381. The number of oxazole rings is 1. The van der Waals surface area contributed by atoms with Crippen molar-refractivity contribution in [3.63, 3.8) is 0 Å². The Balaban J connectivity index is 1.76. The summed E-state index contributed by atoms with van der Waals surface area (Å²) in [7, 11) is -2.35. The van der Waals surface area contributed by atoms with E-state index in [1.165, 1.54) is 35.3 Å². The third-order valence-electron chi connectivity index (χ3n) is 5.50. The highest BCUT2D eigenvalue weighted by Gasteiger charge is 2.22. The lowest BCUT2D eigenvalue weighted by molar-refractivity contribution is 0.221. The highest BCUT2D eigenvalue weighted by atomic mass is 32.2. The number of piperidine rings is 1. The molecule has 0 aliphatic carbocycles.